The van der Waals surface area contributed by atoms with Crippen molar-refractivity contribution in [1.29, 1.82) is 0 Å². The number of aromatic nitrogens is 2. The Kier molecular flexibility index (Phi) is 3.95. The Morgan fingerprint density at radius 3 is 2.89 bits per heavy atom. The molecule has 6 heteroatoms. The minimum Gasteiger partial charge on any atom is -0.467 e. The molecule has 0 saturated carbocycles. The summed E-state index contributed by atoms with van der Waals surface area (Å²) in [5.41, 5.74) is 1.09. The second kappa shape index (κ2) is 5.48. The molecule has 2 aromatic rings. The molecule has 2 rings (SSSR count). The summed E-state index contributed by atoms with van der Waals surface area (Å²) in [6.07, 6.45) is 1.58. The quantitative estimate of drug-likeness (QED) is 0.866. The van der Waals surface area contributed by atoms with E-state index in [-0.39, 0.29) is 5.91 Å². The molecule has 0 aliphatic carbocycles. The summed E-state index contributed by atoms with van der Waals surface area (Å²) in [7, 11) is 1.71. The van der Waals surface area contributed by atoms with Crippen molar-refractivity contribution in [2.24, 2.45) is 0 Å². The Labute approximate surface area is 116 Å². The van der Waals surface area contributed by atoms with E-state index in [0.29, 0.717) is 29.5 Å². The van der Waals surface area contributed by atoms with Crippen LogP contribution in [0.1, 0.15) is 28.9 Å². The Balaban J connectivity index is 2.24. The lowest BCUT2D eigenvalue weighted by molar-refractivity contribution is 0.0763. The van der Waals surface area contributed by atoms with Gasteiger partial charge in [-0.2, -0.15) is 5.10 Å². The van der Waals surface area contributed by atoms with Crippen molar-refractivity contribution in [1.82, 2.24) is 14.7 Å². The topological polar surface area (TPSA) is 51.3 Å². The van der Waals surface area contributed by atoms with Gasteiger partial charge in [-0.25, -0.2) is 0 Å². The fourth-order valence-corrected chi connectivity index (χ4v) is 2.10. The highest BCUT2D eigenvalue weighted by Crippen LogP contribution is 2.22. The van der Waals surface area contributed by atoms with Crippen LogP contribution in [-0.2, 0) is 13.1 Å². The Morgan fingerprint density at radius 1 is 1.58 bits per heavy atom. The van der Waals surface area contributed by atoms with E-state index in [1.165, 1.54) is 0 Å². The monoisotopic (exact) mass is 281 g/mol. The average Bonchev–Trinajstić information content (AvgIpc) is 2.98. The number of carbonyl (C=O) groups excluding carboxylic acids is 1. The molecule has 0 fully saturated rings. The summed E-state index contributed by atoms with van der Waals surface area (Å²) in [6.45, 7) is 4.71. The summed E-state index contributed by atoms with van der Waals surface area (Å²) in [4.78, 5) is 14.0. The third-order valence-electron chi connectivity index (χ3n) is 2.88. The fraction of sp³-hybridized carbons (Fsp3) is 0.385. The van der Waals surface area contributed by atoms with Crippen molar-refractivity contribution in [3.63, 3.8) is 0 Å². The standard InChI is InChI=1S/C13H16ClN3O2/c1-4-17-12(11(14)9(2)15-17)13(18)16(3)8-10-6-5-7-19-10/h5-7H,4,8H2,1-3H3. The fourth-order valence-electron chi connectivity index (χ4n) is 1.88. The maximum Gasteiger partial charge on any atom is 0.273 e. The molecule has 0 aromatic carbocycles. The number of aryl methyl sites for hydroxylation is 2. The number of amides is 1. The minimum absolute atomic E-state index is 0.163. The first-order valence-corrected chi connectivity index (χ1v) is 6.43. The van der Waals surface area contributed by atoms with Gasteiger partial charge in [0.1, 0.15) is 11.5 Å². The first-order valence-electron chi connectivity index (χ1n) is 6.05. The number of hydrogen-bond donors (Lipinski definition) is 0. The van der Waals surface area contributed by atoms with Crippen LogP contribution in [-0.4, -0.2) is 27.6 Å². The molecule has 0 saturated heterocycles. The van der Waals surface area contributed by atoms with Crippen LogP contribution in [0.2, 0.25) is 5.02 Å². The first kappa shape index (κ1) is 13.7. The van der Waals surface area contributed by atoms with Crippen LogP contribution >= 0.6 is 11.6 Å². The molecule has 1 amide bonds. The van der Waals surface area contributed by atoms with Crippen molar-refractivity contribution >= 4 is 17.5 Å². The zero-order valence-electron chi connectivity index (χ0n) is 11.2. The number of rotatable bonds is 4. The van der Waals surface area contributed by atoms with Gasteiger partial charge in [0.05, 0.1) is 23.5 Å². The van der Waals surface area contributed by atoms with Crippen LogP contribution in [0.25, 0.3) is 0 Å². The predicted octanol–water partition coefficient (Wildman–Crippen LogP) is 2.73. The molecule has 0 spiro atoms. The number of carbonyl (C=O) groups is 1. The highest BCUT2D eigenvalue weighted by molar-refractivity contribution is 6.34. The summed E-state index contributed by atoms with van der Waals surface area (Å²) in [5.74, 6) is 0.565. The van der Waals surface area contributed by atoms with Crippen LogP contribution in [0.4, 0.5) is 0 Å². The smallest absolute Gasteiger partial charge is 0.273 e. The molecule has 0 atom stereocenters. The van der Waals surface area contributed by atoms with Crippen LogP contribution in [0.3, 0.4) is 0 Å². The predicted molar refractivity (Wildman–Crippen MR) is 72.2 cm³/mol. The second-order valence-corrected chi connectivity index (χ2v) is 4.68. The summed E-state index contributed by atoms with van der Waals surface area (Å²) in [5, 5.41) is 4.66. The zero-order valence-corrected chi connectivity index (χ0v) is 11.9. The summed E-state index contributed by atoms with van der Waals surface area (Å²) in [6, 6.07) is 3.62. The number of furan rings is 1. The lowest BCUT2D eigenvalue weighted by Crippen LogP contribution is -2.28. The highest BCUT2D eigenvalue weighted by Gasteiger charge is 2.23. The molecule has 0 unspecified atom stereocenters. The SMILES string of the molecule is CCn1nc(C)c(Cl)c1C(=O)N(C)Cc1ccco1. The third kappa shape index (κ3) is 2.66. The van der Waals surface area contributed by atoms with Crippen LogP contribution in [0.15, 0.2) is 22.8 Å². The van der Waals surface area contributed by atoms with E-state index < -0.39 is 0 Å². The molecule has 19 heavy (non-hydrogen) atoms. The Morgan fingerprint density at radius 2 is 2.32 bits per heavy atom. The van der Waals surface area contributed by atoms with Gasteiger partial charge in [-0.1, -0.05) is 11.6 Å². The van der Waals surface area contributed by atoms with E-state index in [9.17, 15) is 4.79 Å². The van der Waals surface area contributed by atoms with Crippen LogP contribution < -0.4 is 0 Å². The first-order chi connectivity index (χ1) is 9.04. The maximum absolute atomic E-state index is 12.4. The lowest BCUT2D eigenvalue weighted by Gasteiger charge is -2.16. The van der Waals surface area contributed by atoms with E-state index in [4.69, 9.17) is 16.0 Å². The zero-order chi connectivity index (χ0) is 14.0. The van der Waals surface area contributed by atoms with Crippen molar-refractivity contribution in [2.75, 3.05) is 7.05 Å². The van der Waals surface area contributed by atoms with Crippen LogP contribution in [0, 0.1) is 6.92 Å². The lowest BCUT2D eigenvalue weighted by atomic mass is 10.3. The molecule has 2 heterocycles. The normalized spacial score (nSPS) is 10.7. The van der Waals surface area contributed by atoms with E-state index in [2.05, 4.69) is 5.10 Å². The Bertz CT molecular complexity index is 575. The molecule has 5 nitrogen and oxygen atoms in total. The summed E-state index contributed by atoms with van der Waals surface area (Å²) < 4.78 is 6.86. The molecule has 0 aliphatic heterocycles. The van der Waals surface area contributed by atoms with Crippen molar-refractivity contribution in [2.45, 2.75) is 26.9 Å². The van der Waals surface area contributed by atoms with Gasteiger partial charge in [-0.15, -0.1) is 0 Å². The van der Waals surface area contributed by atoms with E-state index >= 15 is 0 Å². The van der Waals surface area contributed by atoms with Crippen molar-refractivity contribution in [3.8, 4) is 0 Å². The molecule has 0 radical (unpaired) electrons. The van der Waals surface area contributed by atoms with Gasteiger partial charge in [0, 0.05) is 13.6 Å². The van der Waals surface area contributed by atoms with Gasteiger partial charge in [0.25, 0.3) is 5.91 Å². The largest absolute Gasteiger partial charge is 0.467 e. The Hall–Kier alpha value is -1.75. The molecular formula is C13H16ClN3O2. The van der Waals surface area contributed by atoms with Gasteiger partial charge in [0.15, 0.2) is 0 Å². The molecule has 2 aromatic heterocycles. The molecular weight excluding hydrogens is 266 g/mol. The molecule has 102 valence electrons. The molecule has 0 bridgehead atoms. The third-order valence-corrected chi connectivity index (χ3v) is 3.33. The van der Waals surface area contributed by atoms with Crippen LogP contribution in [0.5, 0.6) is 0 Å². The van der Waals surface area contributed by atoms with E-state index in [0.717, 1.165) is 5.76 Å². The minimum atomic E-state index is -0.163. The van der Waals surface area contributed by atoms with Crippen molar-refractivity contribution < 1.29 is 9.21 Å². The van der Waals surface area contributed by atoms with E-state index in [1.807, 2.05) is 13.0 Å². The van der Waals surface area contributed by atoms with E-state index in [1.54, 1.807) is 35.9 Å². The van der Waals surface area contributed by atoms with Gasteiger partial charge in [0.2, 0.25) is 0 Å². The summed E-state index contributed by atoms with van der Waals surface area (Å²) >= 11 is 6.16. The molecule has 0 N–H and O–H groups in total. The number of nitrogens with zero attached hydrogens (tertiary/aromatic N) is 3. The maximum atomic E-state index is 12.4. The number of hydrogen-bond acceptors (Lipinski definition) is 3. The van der Waals surface area contributed by atoms with Crippen molar-refractivity contribution in [3.05, 3.63) is 40.6 Å². The van der Waals surface area contributed by atoms with Gasteiger partial charge in [-0.3, -0.25) is 9.48 Å². The number of halogens is 1. The van der Waals surface area contributed by atoms with Gasteiger partial charge >= 0.3 is 0 Å². The second-order valence-electron chi connectivity index (χ2n) is 4.30. The average molecular weight is 282 g/mol. The van der Waals surface area contributed by atoms with Gasteiger partial charge in [-0.05, 0) is 26.0 Å². The molecule has 0 aliphatic rings. The van der Waals surface area contributed by atoms with Gasteiger partial charge < -0.3 is 9.32 Å². The highest BCUT2D eigenvalue weighted by atomic mass is 35.5.